The van der Waals surface area contributed by atoms with E-state index in [2.05, 4.69) is 133 Å². The van der Waals surface area contributed by atoms with Gasteiger partial charge in [0.1, 0.15) is 0 Å². The second kappa shape index (κ2) is 7.57. The van der Waals surface area contributed by atoms with Crippen LogP contribution in [0.5, 0.6) is 0 Å². The first-order valence-electron chi connectivity index (χ1n) is 11.8. The van der Waals surface area contributed by atoms with Crippen LogP contribution >= 0.6 is 0 Å². The lowest BCUT2D eigenvalue weighted by Crippen LogP contribution is -1.82. The Morgan fingerprint density at radius 1 is 0.235 bits per heavy atom. The van der Waals surface area contributed by atoms with E-state index in [4.69, 9.17) is 0 Å². The number of rotatable bonds is 0. The molecule has 8 aromatic rings. The van der Waals surface area contributed by atoms with Crippen LogP contribution in [0.25, 0.3) is 64.6 Å². The van der Waals surface area contributed by atoms with Gasteiger partial charge in [0.2, 0.25) is 0 Å². The van der Waals surface area contributed by atoms with Gasteiger partial charge in [-0.3, -0.25) is 0 Å². The molecule has 0 spiro atoms. The number of benzene rings is 8. The third-order valence-electron chi connectivity index (χ3n) is 7.00. The monoisotopic (exact) mass is 430 g/mol. The zero-order valence-corrected chi connectivity index (χ0v) is 18.7. The highest BCUT2D eigenvalue weighted by atomic mass is 14.1. The second-order valence-electron chi connectivity index (χ2n) is 9.00. The average Bonchev–Trinajstić information content (AvgIpc) is 2.91. The molecule has 0 fully saturated rings. The molecule has 0 heterocycles. The Bertz CT molecular complexity index is 1820. The molecule has 0 nitrogen and oxygen atoms in total. The lowest BCUT2D eigenvalue weighted by atomic mass is 9.95. The lowest BCUT2D eigenvalue weighted by molar-refractivity contribution is 1.77. The Labute approximate surface area is 198 Å². The standard InChI is InChI=1S/C18H12.C16H10/c1-2-7-15-12-18-16(11-14(15)6-1)10-9-13-5-3-4-8-17(13)18;1-3-11-7-9-13-5-2-6-14-10-8-12(4-1)15(11)16(13)14/h1-12H;1-10H. The molecule has 34 heavy (non-hydrogen) atoms. The molecular formula is C34H22. The minimum Gasteiger partial charge on any atom is -0.0616 e. The lowest BCUT2D eigenvalue weighted by Gasteiger charge is -2.09. The van der Waals surface area contributed by atoms with Crippen LogP contribution in [0, 0.1) is 0 Å². The van der Waals surface area contributed by atoms with Gasteiger partial charge >= 0.3 is 0 Å². The zero-order chi connectivity index (χ0) is 22.5. The van der Waals surface area contributed by atoms with E-state index in [1.54, 1.807) is 0 Å². The minimum absolute atomic E-state index is 1.31. The fourth-order valence-electron chi connectivity index (χ4n) is 5.37. The fraction of sp³-hybridized carbons (Fsp3) is 0. The van der Waals surface area contributed by atoms with E-state index in [0.717, 1.165) is 0 Å². The summed E-state index contributed by atoms with van der Waals surface area (Å²) in [5, 5.41) is 16.0. The van der Waals surface area contributed by atoms with Crippen molar-refractivity contribution in [3.63, 3.8) is 0 Å². The van der Waals surface area contributed by atoms with Crippen molar-refractivity contribution in [2.75, 3.05) is 0 Å². The maximum absolute atomic E-state index is 2.30. The van der Waals surface area contributed by atoms with Crippen LogP contribution in [-0.2, 0) is 0 Å². The van der Waals surface area contributed by atoms with Crippen molar-refractivity contribution in [2.45, 2.75) is 0 Å². The van der Waals surface area contributed by atoms with Gasteiger partial charge in [0.25, 0.3) is 0 Å². The summed E-state index contributed by atoms with van der Waals surface area (Å²) in [7, 11) is 0. The molecule has 158 valence electrons. The largest absolute Gasteiger partial charge is 0.0616 e. The van der Waals surface area contributed by atoms with E-state index in [-0.39, 0.29) is 0 Å². The predicted octanol–water partition coefficient (Wildman–Crippen LogP) is 9.73. The smallest absolute Gasteiger partial charge is 0.00268 e. The van der Waals surface area contributed by atoms with Crippen molar-refractivity contribution in [3.05, 3.63) is 133 Å². The topological polar surface area (TPSA) is 0 Å². The minimum atomic E-state index is 1.31. The Balaban J connectivity index is 0.000000118. The zero-order valence-electron chi connectivity index (χ0n) is 18.7. The molecule has 0 amide bonds. The summed E-state index contributed by atoms with van der Waals surface area (Å²) in [6.45, 7) is 0. The maximum atomic E-state index is 2.30. The second-order valence-corrected chi connectivity index (χ2v) is 9.00. The van der Waals surface area contributed by atoms with Crippen molar-refractivity contribution in [2.24, 2.45) is 0 Å². The molecule has 8 aromatic carbocycles. The van der Waals surface area contributed by atoms with Crippen LogP contribution in [0.1, 0.15) is 0 Å². The Morgan fingerprint density at radius 3 is 1.24 bits per heavy atom. The maximum Gasteiger partial charge on any atom is -0.00268 e. The summed E-state index contributed by atoms with van der Waals surface area (Å²) in [6.07, 6.45) is 0. The van der Waals surface area contributed by atoms with Crippen molar-refractivity contribution >= 4 is 64.6 Å². The Morgan fingerprint density at radius 2 is 0.647 bits per heavy atom. The summed E-state index contributed by atoms with van der Waals surface area (Å²) in [6, 6.07) is 48.0. The van der Waals surface area contributed by atoms with Crippen molar-refractivity contribution in [1.82, 2.24) is 0 Å². The molecule has 0 aliphatic heterocycles. The van der Waals surface area contributed by atoms with E-state index in [1.807, 2.05) is 0 Å². The number of hydrogen-bond acceptors (Lipinski definition) is 0. The summed E-state index contributed by atoms with van der Waals surface area (Å²) in [4.78, 5) is 0. The van der Waals surface area contributed by atoms with E-state index < -0.39 is 0 Å². The van der Waals surface area contributed by atoms with Gasteiger partial charge in [-0.2, -0.15) is 0 Å². The molecule has 0 saturated carbocycles. The molecule has 8 rings (SSSR count). The molecule has 0 atom stereocenters. The first-order chi connectivity index (χ1) is 16.8. The van der Waals surface area contributed by atoms with Gasteiger partial charge in [0.05, 0.1) is 0 Å². The summed E-state index contributed by atoms with van der Waals surface area (Å²) in [5.74, 6) is 0. The van der Waals surface area contributed by atoms with Crippen molar-refractivity contribution < 1.29 is 0 Å². The quantitative estimate of drug-likeness (QED) is 0.166. The first kappa shape index (κ1) is 19.1. The van der Waals surface area contributed by atoms with E-state index >= 15 is 0 Å². The molecule has 0 aliphatic rings. The molecule has 0 aromatic heterocycles. The molecule has 0 bridgehead atoms. The average molecular weight is 431 g/mol. The Hall–Kier alpha value is -4.42. The normalized spacial score (nSPS) is 11.5. The van der Waals surface area contributed by atoms with E-state index in [1.165, 1.54) is 64.6 Å². The van der Waals surface area contributed by atoms with Crippen LogP contribution in [0.4, 0.5) is 0 Å². The van der Waals surface area contributed by atoms with E-state index in [0.29, 0.717) is 0 Å². The molecule has 0 aliphatic carbocycles. The highest BCUT2D eigenvalue weighted by Gasteiger charge is 2.06. The molecule has 0 heteroatoms. The van der Waals surface area contributed by atoms with Gasteiger partial charge in [-0.1, -0.05) is 121 Å². The SMILES string of the molecule is c1cc2ccc3cccc4ccc(c1)c2c34.c1ccc2cc3c(ccc4ccccc43)cc2c1. The van der Waals surface area contributed by atoms with Gasteiger partial charge in [0, 0.05) is 0 Å². The Kier molecular flexibility index (Phi) is 4.25. The predicted molar refractivity (Wildman–Crippen MR) is 149 cm³/mol. The summed E-state index contributed by atoms with van der Waals surface area (Å²) in [5.41, 5.74) is 0. The third kappa shape index (κ3) is 3.00. The van der Waals surface area contributed by atoms with Crippen molar-refractivity contribution in [3.8, 4) is 0 Å². The van der Waals surface area contributed by atoms with Crippen LogP contribution in [0.15, 0.2) is 133 Å². The van der Waals surface area contributed by atoms with Crippen LogP contribution in [-0.4, -0.2) is 0 Å². The van der Waals surface area contributed by atoms with E-state index in [9.17, 15) is 0 Å². The van der Waals surface area contributed by atoms with Crippen LogP contribution < -0.4 is 0 Å². The molecule has 0 N–H and O–H groups in total. The number of hydrogen-bond donors (Lipinski definition) is 0. The van der Waals surface area contributed by atoms with Gasteiger partial charge < -0.3 is 0 Å². The summed E-state index contributed by atoms with van der Waals surface area (Å²) < 4.78 is 0. The van der Waals surface area contributed by atoms with Crippen LogP contribution in [0.3, 0.4) is 0 Å². The summed E-state index contributed by atoms with van der Waals surface area (Å²) >= 11 is 0. The highest BCUT2D eigenvalue weighted by molar-refractivity contribution is 6.22. The molecular weight excluding hydrogens is 408 g/mol. The molecule has 0 saturated heterocycles. The van der Waals surface area contributed by atoms with Gasteiger partial charge in [0.15, 0.2) is 0 Å². The molecule has 0 unspecified atom stereocenters. The molecule has 0 radical (unpaired) electrons. The number of fused-ring (bicyclic) bond motifs is 4. The highest BCUT2D eigenvalue weighted by Crippen LogP contribution is 2.34. The van der Waals surface area contributed by atoms with Gasteiger partial charge in [-0.15, -0.1) is 0 Å². The van der Waals surface area contributed by atoms with Crippen molar-refractivity contribution in [1.29, 1.82) is 0 Å². The first-order valence-corrected chi connectivity index (χ1v) is 11.8. The third-order valence-corrected chi connectivity index (χ3v) is 7.00. The van der Waals surface area contributed by atoms with Gasteiger partial charge in [-0.25, -0.2) is 0 Å². The van der Waals surface area contributed by atoms with Gasteiger partial charge in [-0.05, 0) is 76.8 Å². The fourth-order valence-corrected chi connectivity index (χ4v) is 5.37. The van der Waals surface area contributed by atoms with Crippen LogP contribution in [0.2, 0.25) is 0 Å².